The average Bonchev–Trinajstić information content (AvgIpc) is 2.65. The van der Waals surface area contributed by atoms with E-state index in [9.17, 15) is 4.79 Å². The molecule has 0 saturated heterocycles. The highest BCUT2D eigenvalue weighted by Crippen LogP contribution is 2.27. The van der Waals surface area contributed by atoms with E-state index in [2.05, 4.69) is 15.4 Å². The van der Waals surface area contributed by atoms with Gasteiger partial charge >= 0.3 is 0 Å². The Kier molecular flexibility index (Phi) is 3.68. The van der Waals surface area contributed by atoms with Gasteiger partial charge in [-0.25, -0.2) is 9.67 Å². The van der Waals surface area contributed by atoms with Crippen molar-refractivity contribution in [2.45, 2.75) is 33.1 Å². The second-order valence-corrected chi connectivity index (χ2v) is 5.80. The van der Waals surface area contributed by atoms with Gasteiger partial charge in [-0.15, -0.1) is 0 Å². The van der Waals surface area contributed by atoms with Crippen LogP contribution in [-0.2, 0) is 4.79 Å². The highest BCUT2D eigenvalue weighted by atomic mass is 35.5. The predicted octanol–water partition coefficient (Wildman–Crippen LogP) is 3.28. The zero-order chi connectivity index (χ0) is 15.0. The van der Waals surface area contributed by atoms with Crippen molar-refractivity contribution in [3.63, 3.8) is 0 Å². The van der Waals surface area contributed by atoms with Gasteiger partial charge in [-0.1, -0.05) is 18.0 Å². The Balaban J connectivity index is 1.77. The van der Waals surface area contributed by atoms with Crippen LogP contribution in [0.5, 0.6) is 0 Å². The number of anilines is 1. The molecule has 2 aromatic heterocycles. The van der Waals surface area contributed by atoms with Crippen molar-refractivity contribution >= 4 is 23.2 Å². The lowest BCUT2D eigenvalue weighted by Crippen LogP contribution is -2.28. The number of pyridine rings is 1. The van der Waals surface area contributed by atoms with E-state index < -0.39 is 0 Å². The Labute approximate surface area is 128 Å². The Morgan fingerprint density at radius 3 is 2.62 bits per heavy atom. The van der Waals surface area contributed by atoms with E-state index >= 15 is 0 Å². The molecule has 0 unspecified atom stereocenters. The summed E-state index contributed by atoms with van der Waals surface area (Å²) in [6.45, 7) is 3.76. The molecule has 0 aliphatic heterocycles. The zero-order valence-corrected chi connectivity index (χ0v) is 12.8. The van der Waals surface area contributed by atoms with Gasteiger partial charge in [0.05, 0.1) is 28.3 Å². The Hall–Kier alpha value is -1.88. The summed E-state index contributed by atoms with van der Waals surface area (Å²) in [5.74, 6) is 0.939. The van der Waals surface area contributed by atoms with Crippen LogP contribution >= 0.6 is 11.6 Å². The van der Waals surface area contributed by atoms with Crippen molar-refractivity contribution in [3.05, 3.63) is 34.7 Å². The summed E-state index contributed by atoms with van der Waals surface area (Å²) in [6, 6.07) is 3.66. The SMILES string of the molecule is Cc1nn(-c2ccc(NC(=O)C3CCC3)cn2)c(C)c1Cl. The molecule has 1 N–H and O–H groups in total. The van der Waals surface area contributed by atoms with Crippen molar-refractivity contribution < 1.29 is 4.79 Å². The molecular weight excluding hydrogens is 288 g/mol. The fourth-order valence-electron chi connectivity index (χ4n) is 2.35. The van der Waals surface area contributed by atoms with Gasteiger partial charge in [0.2, 0.25) is 5.91 Å². The molecule has 3 rings (SSSR count). The lowest BCUT2D eigenvalue weighted by Gasteiger charge is -2.23. The molecule has 1 amide bonds. The summed E-state index contributed by atoms with van der Waals surface area (Å²) in [7, 11) is 0. The summed E-state index contributed by atoms with van der Waals surface area (Å²) in [5.41, 5.74) is 2.34. The van der Waals surface area contributed by atoms with E-state index in [1.165, 1.54) is 0 Å². The first-order chi connectivity index (χ1) is 10.1. The molecule has 21 heavy (non-hydrogen) atoms. The third kappa shape index (κ3) is 2.65. The summed E-state index contributed by atoms with van der Waals surface area (Å²) >= 11 is 6.14. The van der Waals surface area contributed by atoms with Gasteiger partial charge in [0.15, 0.2) is 5.82 Å². The lowest BCUT2D eigenvalue weighted by molar-refractivity contribution is -0.122. The molecule has 0 bridgehead atoms. The first-order valence-corrected chi connectivity index (χ1v) is 7.43. The number of nitrogens with one attached hydrogen (secondary N) is 1. The fourth-order valence-corrected chi connectivity index (χ4v) is 2.46. The number of nitrogens with zero attached hydrogens (tertiary/aromatic N) is 3. The first-order valence-electron chi connectivity index (χ1n) is 7.05. The standard InChI is InChI=1S/C15H17ClN4O/c1-9-14(16)10(2)20(19-9)13-7-6-12(8-17-13)18-15(21)11-4-3-5-11/h6-8,11H,3-5H2,1-2H3,(H,18,21). The van der Waals surface area contributed by atoms with Crippen LogP contribution in [0.25, 0.3) is 5.82 Å². The van der Waals surface area contributed by atoms with Crippen LogP contribution in [0, 0.1) is 19.8 Å². The Bertz CT molecular complexity index is 674. The molecule has 6 heteroatoms. The van der Waals surface area contributed by atoms with E-state index in [0.29, 0.717) is 16.5 Å². The largest absolute Gasteiger partial charge is 0.324 e. The van der Waals surface area contributed by atoms with Crippen molar-refractivity contribution in [2.75, 3.05) is 5.32 Å². The number of hydrogen-bond acceptors (Lipinski definition) is 3. The van der Waals surface area contributed by atoms with E-state index in [1.54, 1.807) is 10.9 Å². The minimum absolute atomic E-state index is 0.0879. The molecular formula is C15H17ClN4O. The third-order valence-electron chi connectivity index (χ3n) is 3.91. The molecule has 1 aliphatic rings. The molecule has 2 heterocycles. The van der Waals surface area contributed by atoms with Crippen LogP contribution in [-0.4, -0.2) is 20.7 Å². The Morgan fingerprint density at radius 1 is 1.38 bits per heavy atom. The van der Waals surface area contributed by atoms with Gasteiger partial charge in [0.25, 0.3) is 0 Å². The topological polar surface area (TPSA) is 59.8 Å². The normalized spacial score (nSPS) is 14.8. The molecule has 2 aromatic rings. The molecule has 0 aromatic carbocycles. The van der Waals surface area contributed by atoms with Crippen molar-refractivity contribution in [2.24, 2.45) is 5.92 Å². The summed E-state index contributed by atoms with van der Waals surface area (Å²) in [4.78, 5) is 16.2. The average molecular weight is 305 g/mol. The molecule has 1 fully saturated rings. The zero-order valence-electron chi connectivity index (χ0n) is 12.1. The third-order valence-corrected chi connectivity index (χ3v) is 4.46. The maximum atomic E-state index is 11.9. The molecule has 110 valence electrons. The van der Waals surface area contributed by atoms with Crippen LogP contribution < -0.4 is 5.32 Å². The van der Waals surface area contributed by atoms with Crippen molar-refractivity contribution in [1.29, 1.82) is 0 Å². The molecule has 0 radical (unpaired) electrons. The first kappa shape index (κ1) is 14.1. The van der Waals surface area contributed by atoms with Crippen molar-refractivity contribution in [1.82, 2.24) is 14.8 Å². The molecule has 1 saturated carbocycles. The maximum absolute atomic E-state index is 11.9. The summed E-state index contributed by atoms with van der Waals surface area (Å²) in [5, 5.41) is 7.90. The quantitative estimate of drug-likeness (QED) is 0.946. The number of carbonyl (C=O) groups excluding carboxylic acids is 1. The second-order valence-electron chi connectivity index (χ2n) is 5.42. The fraction of sp³-hybridized carbons (Fsp3) is 0.400. The number of amides is 1. The number of aryl methyl sites for hydroxylation is 1. The van der Waals surface area contributed by atoms with E-state index in [0.717, 1.165) is 30.7 Å². The molecule has 0 atom stereocenters. The molecule has 1 aliphatic carbocycles. The van der Waals surface area contributed by atoms with Gasteiger partial charge in [-0.05, 0) is 38.8 Å². The van der Waals surface area contributed by atoms with Crippen LogP contribution in [0.1, 0.15) is 30.7 Å². The van der Waals surface area contributed by atoms with Gasteiger partial charge in [0.1, 0.15) is 0 Å². The lowest BCUT2D eigenvalue weighted by atomic mass is 9.85. The number of aromatic nitrogens is 3. The number of rotatable bonds is 3. The highest BCUT2D eigenvalue weighted by molar-refractivity contribution is 6.31. The van der Waals surface area contributed by atoms with Crippen LogP contribution in [0.2, 0.25) is 5.02 Å². The second kappa shape index (κ2) is 5.48. The van der Waals surface area contributed by atoms with E-state index in [4.69, 9.17) is 11.6 Å². The van der Waals surface area contributed by atoms with Gasteiger partial charge in [-0.3, -0.25) is 4.79 Å². The van der Waals surface area contributed by atoms with E-state index in [1.807, 2.05) is 26.0 Å². The summed E-state index contributed by atoms with van der Waals surface area (Å²) in [6.07, 6.45) is 4.77. The van der Waals surface area contributed by atoms with Crippen molar-refractivity contribution in [3.8, 4) is 5.82 Å². The number of hydrogen-bond donors (Lipinski definition) is 1. The van der Waals surface area contributed by atoms with Gasteiger partial charge < -0.3 is 5.32 Å². The van der Waals surface area contributed by atoms with Gasteiger partial charge in [-0.2, -0.15) is 5.10 Å². The Morgan fingerprint density at radius 2 is 2.14 bits per heavy atom. The van der Waals surface area contributed by atoms with Crippen LogP contribution in [0.4, 0.5) is 5.69 Å². The maximum Gasteiger partial charge on any atom is 0.227 e. The predicted molar refractivity (Wildman–Crippen MR) is 81.8 cm³/mol. The molecule has 0 spiro atoms. The van der Waals surface area contributed by atoms with Crippen LogP contribution in [0.3, 0.4) is 0 Å². The molecule has 5 nitrogen and oxygen atoms in total. The van der Waals surface area contributed by atoms with Gasteiger partial charge in [0, 0.05) is 5.92 Å². The smallest absolute Gasteiger partial charge is 0.227 e. The van der Waals surface area contributed by atoms with E-state index in [-0.39, 0.29) is 11.8 Å². The summed E-state index contributed by atoms with van der Waals surface area (Å²) < 4.78 is 1.70. The monoisotopic (exact) mass is 304 g/mol. The number of carbonyl (C=O) groups is 1. The minimum atomic E-state index is 0.0879. The van der Waals surface area contributed by atoms with Crippen LogP contribution in [0.15, 0.2) is 18.3 Å². The number of halogens is 1. The highest BCUT2D eigenvalue weighted by Gasteiger charge is 2.25. The minimum Gasteiger partial charge on any atom is -0.324 e.